The third kappa shape index (κ3) is 6.33. The fourth-order valence-electron chi connectivity index (χ4n) is 1.68. The summed E-state index contributed by atoms with van der Waals surface area (Å²) in [6, 6.07) is 6.40. The zero-order chi connectivity index (χ0) is 13.2. The molecule has 0 fully saturated rings. The van der Waals surface area contributed by atoms with E-state index < -0.39 is 0 Å². The predicted molar refractivity (Wildman–Crippen MR) is 80.5 cm³/mol. The Hall–Kier alpha value is -0.650. The fourth-order valence-corrected chi connectivity index (χ4v) is 2.22. The lowest BCUT2D eigenvalue weighted by Gasteiger charge is -2.05. The fraction of sp³-hybridized carbons (Fsp3) is 0.500. The van der Waals surface area contributed by atoms with Gasteiger partial charge in [0.15, 0.2) is 0 Å². The summed E-state index contributed by atoms with van der Waals surface area (Å²) < 4.78 is 14.5. The van der Waals surface area contributed by atoms with Crippen LogP contribution in [0.2, 0.25) is 0 Å². The van der Waals surface area contributed by atoms with Gasteiger partial charge in [0.25, 0.3) is 0 Å². The van der Waals surface area contributed by atoms with Crippen LogP contribution < -0.4 is 5.32 Å². The molecule has 0 spiro atoms. The van der Waals surface area contributed by atoms with Crippen molar-refractivity contribution in [1.82, 2.24) is 5.32 Å². The Labute approximate surface area is 121 Å². The van der Waals surface area contributed by atoms with Gasteiger partial charge in [-0.05, 0) is 28.9 Å². The first-order valence-electron chi connectivity index (χ1n) is 6.30. The van der Waals surface area contributed by atoms with E-state index in [1.165, 1.54) is 23.3 Å². The van der Waals surface area contributed by atoms with Crippen molar-refractivity contribution in [1.29, 1.82) is 0 Å². The maximum Gasteiger partial charge on any atom is 0.224 e. The molecule has 0 unspecified atom stereocenters. The number of alkyl halides is 1. The summed E-state index contributed by atoms with van der Waals surface area (Å²) in [4.78, 5) is 11.6. The number of unbranched alkanes of at least 4 members (excludes halogenated alkanes) is 3. The molecule has 0 saturated heterocycles. The van der Waals surface area contributed by atoms with Crippen molar-refractivity contribution in [3.05, 3.63) is 35.6 Å². The number of carbonyl (C=O) groups is 1. The topological polar surface area (TPSA) is 29.1 Å². The van der Waals surface area contributed by atoms with Gasteiger partial charge >= 0.3 is 0 Å². The summed E-state index contributed by atoms with van der Waals surface area (Å²) in [7, 11) is 0. The predicted octanol–water partition coefficient (Wildman–Crippen LogP) is 3.48. The van der Waals surface area contributed by atoms with Crippen LogP contribution in [0.25, 0.3) is 0 Å². The number of hydrogen-bond acceptors (Lipinski definition) is 1. The monoisotopic (exact) mass is 363 g/mol. The van der Waals surface area contributed by atoms with Gasteiger partial charge < -0.3 is 5.32 Å². The lowest BCUT2D eigenvalue weighted by Crippen LogP contribution is -2.26. The Kier molecular flexibility index (Phi) is 7.96. The third-order valence-corrected chi connectivity index (χ3v) is 3.45. The van der Waals surface area contributed by atoms with E-state index >= 15 is 0 Å². The summed E-state index contributed by atoms with van der Waals surface area (Å²) in [5.41, 5.74) is 0.458. The Balaban J connectivity index is 2.16. The van der Waals surface area contributed by atoms with Crippen molar-refractivity contribution < 1.29 is 9.18 Å². The Morgan fingerprint density at radius 1 is 1.17 bits per heavy atom. The molecule has 0 aromatic heterocycles. The van der Waals surface area contributed by atoms with Crippen LogP contribution in [0.5, 0.6) is 0 Å². The van der Waals surface area contributed by atoms with Gasteiger partial charge in [0, 0.05) is 6.54 Å². The molecular formula is C14H19FINO. The average Bonchev–Trinajstić information content (AvgIpc) is 2.36. The Morgan fingerprint density at radius 3 is 2.61 bits per heavy atom. The van der Waals surface area contributed by atoms with Gasteiger partial charge in [-0.2, -0.15) is 0 Å². The molecule has 0 atom stereocenters. The first kappa shape index (κ1) is 15.4. The quantitative estimate of drug-likeness (QED) is 0.428. The minimum absolute atomic E-state index is 0.103. The van der Waals surface area contributed by atoms with Gasteiger partial charge in [0.1, 0.15) is 5.82 Å². The number of benzene rings is 1. The van der Waals surface area contributed by atoms with Gasteiger partial charge in [-0.15, -0.1) is 0 Å². The second-order valence-electron chi connectivity index (χ2n) is 4.22. The number of carbonyl (C=O) groups excluding carboxylic acids is 1. The van der Waals surface area contributed by atoms with E-state index in [1.54, 1.807) is 18.2 Å². The van der Waals surface area contributed by atoms with Gasteiger partial charge in [0.05, 0.1) is 6.42 Å². The van der Waals surface area contributed by atoms with Crippen molar-refractivity contribution in [2.45, 2.75) is 32.1 Å². The highest BCUT2D eigenvalue weighted by Gasteiger charge is 2.06. The summed E-state index contributed by atoms with van der Waals surface area (Å²) in [5, 5.41) is 2.83. The molecule has 4 heteroatoms. The molecule has 0 aliphatic heterocycles. The molecule has 100 valence electrons. The maximum atomic E-state index is 13.3. The minimum atomic E-state index is -0.310. The number of nitrogens with one attached hydrogen (secondary N) is 1. The van der Waals surface area contributed by atoms with Crippen molar-refractivity contribution in [2.24, 2.45) is 0 Å². The molecule has 1 N–H and O–H groups in total. The summed E-state index contributed by atoms with van der Waals surface area (Å²) in [6.07, 6.45) is 4.72. The van der Waals surface area contributed by atoms with Gasteiger partial charge in [-0.25, -0.2) is 4.39 Å². The molecule has 2 nitrogen and oxygen atoms in total. The van der Waals surface area contributed by atoms with Crippen LogP contribution in [0.1, 0.15) is 31.2 Å². The molecule has 0 radical (unpaired) electrons. The standard InChI is InChI=1S/C14H19FINO/c15-13-8-4-3-7-12(13)11-14(18)17-10-6-2-1-5-9-16/h3-4,7-8H,1-2,5-6,9-11H2,(H,17,18). The second-order valence-corrected chi connectivity index (χ2v) is 5.30. The highest BCUT2D eigenvalue weighted by Crippen LogP contribution is 2.07. The highest BCUT2D eigenvalue weighted by molar-refractivity contribution is 14.1. The summed E-state index contributed by atoms with van der Waals surface area (Å²) >= 11 is 2.37. The van der Waals surface area contributed by atoms with E-state index in [-0.39, 0.29) is 18.1 Å². The highest BCUT2D eigenvalue weighted by atomic mass is 127. The molecule has 1 aromatic carbocycles. The van der Waals surface area contributed by atoms with Gasteiger partial charge in [-0.1, -0.05) is 53.6 Å². The molecule has 0 aliphatic rings. The van der Waals surface area contributed by atoms with Gasteiger partial charge in [-0.3, -0.25) is 4.79 Å². The van der Waals surface area contributed by atoms with E-state index in [2.05, 4.69) is 27.9 Å². The van der Waals surface area contributed by atoms with E-state index in [9.17, 15) is 9.18 Å². The van der Waals surface area contributed by atoms with Crippen LogP contribution in [-0.4, -0.2) is 16.9 Å². The molecular weight excluding hydrogens is 344 g/mol. The van der Waals surface area contributed by atoms with Crippen LogP contribution >= 0.6 is 22.6 Å². The molecule has 1 aromatic rings. The van der Waals surface area contributed by atoms with Crippen LogP contribution in [-0.2, 0) is 11.2 Å². The number of halogens is 2. The molecule has 18 heavy (non-hydrogen) atoms. The van der Waals surface area contributed by atoms with E-state index in [0.717, 1.165) is 12.8 Å². The lowest BCUT2D eigenvalue weighted by atomic mass is 10.1. The van der Waals surface area contributed by atoms with Crippen molar-refractivity contribution in [2.75, 3.05) is 11.0 Å². The lowest BCUT2D eigenvalue weighted by molar-refractivity contribution is -0.120. The molecule has 0 saturated carbocycles. The largest absolute Gasteiger partial charge is 0.356 e. The van der Waals surface area contributed by atoms with Crippen LogP contribution in [0.3, 0.4) is 0 Å². The third-order valence-electron chi connectivity index (χ3n) is 2.69. The SMILES string of the molecule is O=C(Cc1ccccc1F)NCCCCCCI. The zero-order valence-corrected chi connectivity index (χ0v) is 12.6. The smallest absolute Gasteiger partial charge is 0.224 e. The van der Waals surface area contributed by atoms with Crippen LogP contribution in [0.4, 0.5) is 4.39 Å². The average molecular weight is 363 g/mol. The maximum absolute atomic E-state index is 13.3. The Morgan fingerprint density at radius 2 is 1.89 bits per heavy atom. The Bertz CT molecular complexity index is 371. The first-order chi connectivity index (χ1) is 8.74. The number of amides is 1. The normalized spacial score (nSPS) is 10.3. The zero-order valence-electron chi connectivity index (χ0n) is 10.4. The van der Waals surface area contributed by atoms with E-state index in [1.807, 2.05) is 0 Å². The second kappa shape index (κ2) is 9.30. The molecule has 1 amide bonds. The molecule has 1 rings (SSSR count). The minimum Gasteiger partial charge on any atom is -0.356 e. The van der Waals surface area contributed by atoms with E-state index in [0.29, 0.717) is 12.1 Å². The van der Waals surface area contributed by atoms with E-state index in [4.69, 9.17) is 0 Å². The van der Waals surface area contributed by atoms with Crippen LogP contribution in [0, 0.1) is 5.82 Å². The molecule has 0 bridgehead atoms. The van der Waals surface area contributed by atoms with Crippen molar-refractivity contribution >= 4 is 28.5 Å². The number of hydrogen-bond donors (Lipinski definition) is 1. The van der Waals surface area contributed by atoms with Crippen molar-refractivity contribution in [3.8, 4) is 0 Å². The van der Waals surface area contributed by atoms with Crippen molar-refractivity contribution in [3.63, 3.8) is 0 Å². The molecule has 0 heterocycles. The summed E-state index contributed by atoms with van der Waals surface area (Å²) in [6.45, 7) is 0.689. The van der Waals surface area contributed by atoms with Crippen LogP contribution in [0.15, 0.2) is 24.3 Å². The summed E-state index contributed by atoms with van der Waals surface area (Å²) in [5.74, 6) is -0.413. The number of rotatable bonds is 8. The first-order valence-corrected chi connectivity index (χ1v) is 7.82. The molecule has 0 aliphatic carbocycles. The van der Waals surface area contributed by atoms with Gasteiger partial charge in [0.2, 0.25) is 5.91 Å².